The van der Waals surface area contributed by atoms with Crippen LogP contribution in [0.25, 0.3) is 0 Å². The predicted octanol–water partition coefficient (Wildman–Crippen LogP) is 5.06. The van der Waals surface area contributed by atoms with Gasteiger partial charge in [-0.2, -0.15) is 0 Å². The van der Waals surface area contributed by atoms with Crippen LogP contribution in [0.15, 0.2) is 0 Å². The molecule has 0 amide bonds. The molecule has 0 radical (unpaired) electrons. The van der Waals surface area contributed by atoms with E-state index in [1.165, 1.54) is 0 Å². The Hall–Kier alpha value is 0.234. The van der Waals surface area contributed by atoms with E-state index in [0.717, 1.165) is 45.1 Å². The van der Waals surface area contributed by atoms with Crippen LogP contribution in [0.1, 0.15) is 80.1 Å². The molecule has 0 aliphatic heterocycles. The van der Waals surface area contributed by atoms with Crippen molar-refractivity contribution >= 4 is 17.1 Å². The van der Waals surface area contributed by atoms with Crippen LogP contribution in [-0.2, 0) is 17.7 Å². The first-order valence-corrected chi connectivity index (χ1v) is 16.0. The van der Waals surface area contributed by atoms with E-state index < -0.39 is 17.1 Å². The van der Waals surface area contributed by atoms with Crippen LogP contribution in [0.4, 0.5) is 0 Å². The van der Waals surface area contributed by atoms with E-state index in [1.807, 2.05) is 0 Å². The van der Waals surface area contributed by atoms with Crippen LogP contribution in [-0.4, -0.2) is 54.9 Å². The van der Waals surface area contributed by atoms with Crippen molar-refractivity contribution in [2.75, 3.05) is 26.4 Å². The van der Waals surface area contributed by atoms with Crippen LogP contribution in [0, 0.1) is 0 Å². The van der Waals surface area contributed by atoms with Crippen molar-refractivity contribution in [1.82, 2.24) is 5.32 Å². The minimum absolute atomic E-state index is 0.101. The van der Waals surface area contributed by atoms with Crippen molar-refractivity contribution in [3.05, 3.63) is 0 Å². The molecule has 0 fully saturated rings. The van der Waals surface area contributed by atoms with Crippen LogP contribution >= 0.6 is 0 Å². The second-order valence-electron chi connectivity index (χ2n) is 7.69. The Bertz CT molecular complexity index is 337. The molecule has 0 aromatic carbocycles. The molecule has 0 aromatic heterocycles. The Balaban J connectivity index is 5.55. The summed E-state index contributed by atoms with van der Waals surface area (Å²) < 4.78 is 25.4. The topological polar surface area (TPSA) is 49.0 Å². The molecule has 7 heteroatoms. The summed E-state index contributed by atoms with van der Waals surface area (Å²) in [6.07, 6.45) is 5.92. The highest BCUT2D eigenvalue weighted by Crippen LogP contribution is 2.23. The van der Waals surface area contributed by atoms with Gasteiger partial charge in [-0.1, -0.05) is 41.5 Å². The van der Waals surface area contributed by atoms with Gasteiger partial charge in [0.2, 0.25) is 8.32 Å². The van der Waals surface area contributed by atoms with Gasteiger partial charge in [-0.05, 0) is 51.6 Å². The molecule has 1 N–H and O–H groups in total. The number of hydrogen-bond donors (Lipinski definition) is 1. The summed E-state index contributed by atoms with van der Waals surface area (Å²) in [5.41, 5.74) is 0.450. The molecule has 0 aliphatic carbocycles. The zero-order valence-electron chi connectivity index (χ0n) is 19.4. The Morgan fingerprint density at radius 1 is 0.593 bits per heavy atom. The molecule has 164 valence electrons. The smallest absolute Gasteiger partial charge is 0.416 e. The second-order valence-corrected chi connectivity index (χ2v) is 14.7. The molecular weight excluding hydrogens is 374 g/mol. The molecular formula is C20H47NO4Si2. The average Bonchev–Trinajstić information content (AvgIpc) is 2.67. The van der Waals surface area contributed by atoms with Crippen molar-refractivity contribution in [2.45, 2.75) is 104 Å². The normalized spacial score (nSPS) is 15.1. The quantitative estimate of drug-likeness (QED) is 0.313. The molecule has 0 bridgehead atoms. The van der Waals surface area contributed by atoms with Gasteiger partial charge in [-0.25, -0.2) is 0 Å². The zero-order valence-corrected chi connectivity index (χ0v) is 21.4. The first-order chi connectivity index (χ1) is 12.9. The lowest BCUT2D eigenvalue weighted by Gasteiger charge is -2.41. The van der Waals surface area contributed by atoms with Crippen molar-refractivity contribution in [2.24, 2.45) is 0 Å². The molecule has 0 saturated carbocycles. The molecule has 0 spiro atoms. The number of rotatable bonds is 18. The summed E-state index contributed by atoms with van der Waals surface area (Å²) in [6.45, 7) is 20.5. The summed E-state index contributed by atoms with van der Waals surface area (Å²) in [6, 6.07) is 0. The Labute approximate surface area is 171 Å². The van der Waals surface area contributed by atoms with Crippen molar-refractivity contribution in [1.29, 1.82) is 0 Å². The lowest BCUT2D eigenvalue weighted by atomic mass is 10.4. The van der Waals surface area contributed by atoms with E-state index in [4.69, 9.17) is 17.7 Å². The fraction of sp³-hybridized carbons (Fsp3) is 1.00. The molecule has 0 aromatic rings. The van der Waals surface area contributed by atoms with Gasteiger partial charge in [0, 0.05) is 32.1 Å². The van der Waals surface area contributed by atoms with Crippen molar-refractivity contribution in [3.63, 3.8) is 0 Å². The summed E-state index contributed by atoms with van der Waals surface area (Å²) in [5, 5.41) is 3.89. The molecule has 0 aliphatic rings. The lowest BCUT2D eigenvalue weighted by molar-refractivity contribution is 0.0452. The first kappa shape index (κ1) is 27.2. The van der Waals surface area contributed by atoms with Gasteiger partial charge in [0.25, 0.3) is 0 Å². The molecule has 0 saturated heterocycles. The third-order valence-corrected chi connectivity index (χ3v) is 11.1. The van der Waals surface area contributed by atoms with Gasteiger partial charge in [0.05, 0.1) is 5.67 Å². The Kier molecular flexibility index (Phi) is 15.3. The first-order valence-electron chi connectivity index (χ1n) is 11.2. The van der Waals surface area contributed by atoms with Crippen LogP contribution in [0.2, 0.25) is 13.1 Å². The highest BCUT2D eigenvalue weighted by molar-refractivity contribution is 6.73. The largest absolute Gasteiger partial charge is 0.518 e. The highest BCUT2D eigenvalue weighted by atomic mass is 28.4. The molecule has 0 heterocycles. The Morgan fingerprint density at radius 2 is 0.963 bits per heavy atom. The van der Waals surface area contributed by atoms with Gasteiger partial charge in [-0.15, -0.1) is 0 Å². The van der Waals surface area contributed by atoms with Gasteiger partial charge in [0.15, 0.2) is 0 Å². The molecule has 2 unspecified atom stereocenters. The van der Waals surface area contributed by atoms with E-state index in [-0.39, 0.29) is 5.67 Å². The summed E-state index contributed by atoms with van der Waals surface area (Å²) >= 11 is 0. The van der Waals surface area contributed by atoms with Crippen LogP contribution < -0.4 is 5.32 Å². The van der Waals surface area contributed by atoms with E-state index in [9.17, 15) is 0 Å². The van der Waals surface area contributed by atoms with E-state index >= 15 is 0 Å². The summed E-state index contributed by atoms with van der Waals surface area (Å²) in [7, 11) is -4.68. The molecule has 2 atom stereocenters. The summed E-state index contributed by atoms with van der Waals surface area (Å²) in [4.78, 5) is 0. The standard InChI is InChI=1S/C20H47NO4Si2/c1-9-15-22-26(7,8)19(13-5)21-20(14-6)27(23-16-10-2,24-17-11-3)25-18-12-4/h19-21H,9-18H2,1-8H3. The van der Waals surface area contributed by atoms with Crippen LogP contribution in [0.5, 0.6) is 0 Å². The third kappa shape index (κ3) is 9.52. The molecule has 0 rings (SSSR count). The van der Waals surface area contributed by atoms with Crippen molar-refractivity contribution in [3.8, 4) is 0 Å². The van der Waals surface area contributed by atoms with Gasteiger partial charge in [-0.3, -0.25) is 0 Å². The SMILES string of the molecule is CCCO[Si](C)(C)C(CC)NC(CC)[Si](OCCC)(OCCC)OCCC. The monoisotopic (exact) mass is 421 g/mol. The van der Waals surface area contributed by atoms with E-state index in [0.29, 0.717) is 25.5 Å². The van der Waals surface area contributed by atoms with Gasteiger partial charge in [0.1, 0.15) is 0 Å². The third-order valence-electron chi connectivity index (χ3n) is 4.69. The Morgan fingerprint density at radius 3 is 1.30 bits per heavy atom. The predicted molar refractivity (Wildman–Crippen MR) is 120 cm³/mol. The van der Waals surface area contributed by atoms with E-state index in [1.54, 1.807) is 0 Å². The summed E-state index contributed by atoms with van der Waals surface area (Å²) in [5.74, 6) is 0. The number of hydrogen-bond acceptors (Lipinski definition) is 5. The van der Waals surface area contributed by atoms with Crippen LogP contribution in [0.3, 0.4) is 0 Å². The maximum Gasteiger partial charge on any atom is 0.518 e. The van der Waals surface area contributed by atoms with Gasteiger partial charge < -0.3 is 23.0 Å². The minimum atomic E-state index is -2.82. The zero-order chi connectivity index (χ0) is 20.8. The maximum absolute atomic E-state index is 6.38. The van der Waals surface area contributed by atoms with Gasteiger partial charge >= 0.3 is 8.80 Å². The minimum Gasteiger partial charge on any atom is -0.416 e. The maximum atomic E-state index is 6.38. The fourth-order valence-electron chi connectivity index (χ4n) is 3.15. The lowest BCUT2D eigenvalue weighted by Crippen LogP contribution is -2.67. The fourth-order valence-corrected chi connectivity index (χ4v) is 9.06. The molecule has 27 heavy (non-hydrogen) atoms. The highest BCUT2D eigenvalue weighted by Gasteiger charge is 2.50. The average molecular weight is 422 g/mol. The van der Waals surface area contributed by atoms with E-state index in [2.05, 4.69) is 60.0 Å². The number of nitrogens with one attached hydrogen (secondary N) is 1. The molecule has 5 nitrogen and oxygen atoms in total. The van der Waals surface area contributed by atoms with Crippen molar-refractivity contribution < 1.29 is 17.7 Å². The second kappa shape index (κ2) is 15.1.